The minimum absolute atomic E-state index is 0.194. The van der Waals surface area contributed by atoms with Crippen LogP contribution in [-0.2, 0) is 9.53 Å². The van der Waals surface area contributed by atoms with Crippen LogP contribution < -0.4 is 15.0 Å². The van der Waals surface area contributed by atoms with Crippen molar-refractivity contribution in [3.63, 3.8) is 0 Å². The first kappa shape index (κ1) is 18.5. The fourth-order valence-electron chi connectivity index (χ4n) is 2.88. The highest BCUT2D eigenvalue weighted by atomic mass is 35.5. The van der Waals surface area contributed by atoms with Crippen LogP contribution in [0.4, 0.5) is 11.4 Å². The first-order valence-electron chi connectivity index (χ1n) is 8.70. The molecule has 1 N–H and O–H groups in total. The molecule has 1 fully saturated rings. The lowest BCUT2D eigenvalue weighted by Gasteiger charge is -2.30. The molecule has 0 radical (unpaired) electrons. The van der Waals surface area contributed by atoms with Gasteiger partial charge in [-0.2, -0.15) is 0 Å². The van der Waals surface area contributed by atoms with Crippen molar-refractivity contribution in [2.75, 3.05) is 36.5 Å². The van der Waals surface area contributed by atoms with Crippen LogP contribution in [0.1, 0.15) is 12.5 Å². The maximum atomic E-state index is 12.6. The molecule has 6 heteroatoms. The number of carbonyl (C=O) groups is 1. The van der Waals surface area contributed by atoms with Crippen LogP contribution >= 0.6 is 11.6 Å². The molecular formula is C20H23ClN2O3. The van der Waals surface area contributed by atoms with E-state index in [9.17, 15) is 4.79 Å². The molecule has 0 unspecified atom stereocenters. The number of hydrogen-bond acceptors (Lipinski definition) is 4. The predicted molar refractivity (Wildman–Crippen MR) is 104 cm³/mol. The van der Waals surface area contributed by atoms with Crippen LogP contribution in [0.5, 0.6) is 5.75 Å². The summed E-state index contributed by atoms with van der Waals surface area (Å²) in [4.78, 5) is 14.8. The second-order valence-corrected chi connectivity index (χ2v) is 6.71. The Bertz CT molecular complexity index is 775. The zero-order chi connectivity index (χ0) is 18.5. The molecular weight excluding hydrogens is 352 g/mol. The highest BCUT2D eigenvalue weighted by Crippen LogP contribution is 2.27. The van der Waals surface area contributed by atoms with E-state index >= 15 is 0 Å². The minimum Gasteiger partial charge on any atom is -0.481 e. The number of aryl methyl sites for hydroxylation is 1. The molecule has 1 amide bonds. The van der Waals surface area contributed by atoms with E-state index in [0.717, 1.165) is 30.0 Å². The lowest BCUT2D eigenvalue weighted by Crippen LogP contribution is -2.37. The van der Waals surface area contributed by atoms with E-state index in [1.807, 2.05) is 37.3 Å². The molecule has 0 saturated carbocycles. The van der Waals surface area contributed by atoms with E-state index in [4.69, 9.17) is 21.1 Å². The van der Waals surface area contributed by atoms with Crippen molar-refractivity contribution in [3.05, 3.63) is 53.1 Å². The zero-order valence-corrected chi connectivity index (χ0v) is 15.8. The Balaban J connectivity index is 1.69. The second-order valence-electron chi connectivity index (χ2n) is 6.28. The number of benzene rings is 2. The van der Waals surface area contributed by atoms with Gasteiger partial charge in [-0.15, -0.1) is 0 Å². The molecule has 0 spiro atoms. The second kappa shape index (κ2) is 8.43. The van der Waals surface area contributed by atoms with Crippen molar-refractivity contribution >= 4 is 28.9 Å². The largest absolute Gasteiger partial charge is 0.481 e. The maximum Gasteiger partial charge on any atom is 0.265 e. The van der Waals surface area contributed by atoms with Gasteiger partial charge in [-0.3, -0.25) is 4.79 Å². The van der Waals surface area contributed by atoms with Crippen LogP contribution in [0.2, 0.25) is 5.02 Å². The van der Waals surface area contributed by atoms with Gasteiger partial charge in [0.05, 0.1) is 24.6 Å². The molecule has 0 bridgehead atoms. The maximum absolute atomic E-state index is 12.6. The molecule has 1 aliphatic rings. The van der Waals surface area contributed by atoms with Crippen molar-refractivity contribution in [1.82, 2.24) is 0 Å². The Hall–Kier alpha value is -2.24. The van der Waals surface area contributed by atoms with Crippen LogP contribution in [0, 0.1) is 6.92 Å². The number of nitrogens with zero attached hydrogens (tertiary/aromatic N) is 1. The topological polar surface area (TPSA) is 50.8 Å². The summed E-state index contributed by atoms with van der Waals surface area (Å²) in [6, 6.07) is 13.1. The summed E-state index contributed by atoms with van der Waals surface area (Å²) in [5, 5.41) is 3.63. The summed E-state index contributed by atoms with van der Waals surface area (Å²) in [6.45, 7) is 6.64. The van der Waals surface area contributed by atoms with Gasteiger partial charge in [-0.05, 0) is 49.7 Å². The van der Waals surface area contributed by atoms with Crippen molar-refractivity contribution in [2.24, 2.45) is 0 Å². The van der Waals surface area contributed by atoms with E-state index in [1.54, 1.807) is 19.1 Å². The van der Waals surface area contributed by atoms with Gasteiger partial charge in [0.1, 0.15) is 5.75 Å². The highest BCUT2D eigenvalue weighted by Gasteiger charge is 2.20. The number of halogens is 1. The first-order valence-corrected chi connectivity index (χ1v) is 9.08. The number of carbonyl (C=O) groups excluding carboxylic acids is 1. The molecule has 1 aliphatic heterocycles. The average molecular weight is 375 g/mol. The van der Waals surface area contributed by atoms with Crippen molar-refractivity contribution in [2.45, 2.75) is 20.0 Å². The molecule has 0 aliphatic carbocycles. The van der Waals surface area contributed by atoms with Gasteiger partial charge >= 0.3 is 0 Å². The minimum atomic E-state index is -0.632. The van der Waals surface area contributed by atoms with Crippen LogP contribution in [0.25, 0.3) is 0 Å². The van der Waals surface area contributed by atoms with E-state index in [-0.39, 0.29) is 5.91 Å². The average Bonchev–Trinajstić information content (AvgIpc) is 2.65. The first-order chi connectivity index (χ1) is 12.5. The lowest BCUT2D eigenvalue weighted by molar-refractivity contribution is -0.122. The summed E-state index contributed by atoms with van der Waals surface area (Å²) in [7, 11) is 0. The number of hydrogen-bond donors (Lipinski definition) is 1. The Morgan fingerprint density at radius 3 is 2.69 bits per heavy atom. The number of morpholine rings is 1. The zero-order valence-electron chi connectivity index (χ0n) is 15.0. The molecule has 5 nitrogen and oxygen atoms in total. The summed E-state index contributed by atoms with van der Waals surface area (Å²) < 4.78 is 11.2. The van der Waals surface area contributed by atoms with E-state index in [0.29, 0.717) is 24.0 Å². The molecule has 26 heavy (non-hydrogen) atoms. The standard InChI is InChI=1S/C20H23ClN2O3/c1-14-13-16(21)7-8-19(14)26-15(2)20(24)22-17-5-3-4-6-18(17)23-9-11-25-12-10-23/h3-8,13,15H,9-12H2,1-2H3,(H,22,24)/t15-/m1/s1. The van der Waals surface area contributed by atoms with E-state index in [2.05, 4.69) is 10.2 Å². The van der Waals surface area contributed by atoms with Crippen molar-refractivity contribution < 1.29 is 14.3 Å². The van der Waals surface area contributed by atoms with E-state index in [1.165, 1.54) is 0 Å². The van der Waals surface area contributed by atoms with Gasteiger partial charge in [0.25, 0.3) is 5.91 Å². The molecule has 0 aromatic heterocycles. The third-order valence-electron chi connectivity index (χ3n) is 4.32. The van der Waals surface area contributed by atoms with Crippen molar-refractivity contribution in [1.29, 1.82) is 0 Å². The molecule has 1 heterocycles. The van der Waals surface area contributed by atoms with Gasteiger partial charge in [-0.1, -0.05) is 23.7 Å². The Morgan fingerprint density at radius 2 is 1.96 bits per heavy atom. The van der Waals surface area contributed by atoms with Gasteiger partial charge in [0.15, 0.2) is 6.10 Å². The third-order valence-corrected chi connectivity index (χ3v) is 4.56. The number of rotatable bonds is 5. The van der Waals surface area contributed by atoms with Crippen LogP contribution in [0.3, 0.4) is 0 Å². The predicted octanol–water partition coefficient (Wildman–Crippen LogP) is 3.89. The SMILES string of the molecule is Cc1cc(Cl)ccc1O[C@H](C)C(=O)Nc1ccccc1N1CCOCC1. The number of para-hydroxylation sites is 2. The molecule has 1 atom stereocenters. The summed E-state index contributed by atoms with van der Waals surface area (Å²) in [5.41, 5.74) is 2.67. The molecule has 2 aromatic carbocycles. The number of anilines is 2. The lowest BCUT2D eigenvalue weighted by atomic mass is 10.2. The number of amides is 1. The fraction of sp³-hybridized carbons (Fsp3) is 0.350. The molecule has 138 valence electrons. The quantitative estimate of drug-likeness (QED) is 0.862. The van der Waals surface area contributed by atoms with Gasteiger partial charge in [-0.25, -0.2) is 0 Å². The number of ether oxygens (including phenoxy) is 2. The van der Waals surface area contributed by atoms with E-state index < -0.39 is 6.10 Å². The molecule has 3 rings (SSSR count). The fourth-order valence-corrected chi connectivity index (χ4v) is 3.11. The summed E-state index contributed by atoms with van der Waals surface area (Å²) >= 11 is 5.97. The van der Waals surface area contributed by atoms with Gasteiger partial charge < -0.3 is 19.7 Å². The smallest absolute Gasteiger partial charge is 0.265 e. The number of nitrogens with one attached hydrogen (secondary N) is 1. The van der Waals surface area contributed by atoms with Gasteiger partial charge in [0, 0.05) is 18.1 Å². The summed E-state index contributed by atoms with van der Waals surface area (Å²) in [6.07, 6.45) is -0.632. The molecule has 2 aromatic rings. The van der Waals surface area contributed by atoms with Crippen molar-refractivity contribution in [3.8, 4) is 5.75 Å². The van der Waals surface area contributed by atoms with Crippen LogP contribution in [0.15, 0.2) is 42.5 Å². The summed E-state index contributed by atoms with van der Waals surface area (Å²) in [5.74, 6) is 0.457. The third kappa shape index (κ3) is 4.48. The Labute approximate surface area is 158 Å². The Kier molecular flexibility index (Phi) is 6.01. The van der Waals surface area contributed by atoms with Gasteiger partial charge in [0.2, 0.25) is 0 Å². The highest BCUT2D eigenvalue weighted by molar-refractivity contribution is 6.30. The van der Waals surface area contributed by atoms with Crippen LogP contribution in [-0.4, -0.2) is 38.3 Å². The Morgan fingerprint density at radius 1 is 1.23 bits per heavy atom. The normalized spacial score (nSPS) is 15.4. The monoisotopic (exact) mass is 374 g/mol. The molecule has 1 saturated heterocycles.